The first kappa shape index (κ1) is 16.9. The molecule has 1 aromatic carbocycles. The maximum Gasteiger partial charge on any atom is 0.307 e. The van der Waals surface area contributed by atoms with Gasteiger partial charge in [-0.3, -0.25) is 9.59 Å². The molecule has 0 saturated carbocycles. The number of esters is 1. The van der Waals surface area contributed by atoms with E-state index in [-0.39, 0.29) is 18.3 Å². The van der Waals surface area contributed by atoms with Gasteiger partial charge in [-0.25, -0.2) is 4.98 Å². The van der Waals surface area contributed by atoms with Crippen molar-refractivity contribution in [3.05, 3.63) is 58.6 Å². The second-order valence-corrected chi connectivity index (χ2v) is 6.19. The number of methoxy groups -OCH3 is 1. The molecule has 6 nitrogen and oxygen atoms in total. The van der Waals surface area contributed by atoms with Gasteiger partial charge in [-0.15, -0.1) is 11.3 Å². The first-order valence-electron chi connectivity index (χ1n) is 7.60. The third-order valence-corrected chi connectivity index (χ3v) is 4.48. The molecule has 3 rings (SSSR count). The molecule has 0 bridgehead atoms. The highest BCUT2D eigenvalue weighted by Gasteiger charge is 2.19. The average molecular weight is 356 g/mol. The van der Waals surface area contributed by atoms with Crippen LogP contribution in [0.5, 0.6) is 0 Å². The van der Waals surface area contributed by atoms with Gasteiger partial charge in [-0.1, -0.05) is 18.2 Å². The number of amides is 1. The number of nitrogens with zero attached hydrogens (tertiary/aromatic N) is 1. The number of fused-ring (bicyclic) bond motifs is 1. The van der Waals surface area contributed by atoms with Gasteiger partial charge >= 0.3 is 5.97 Å². The second-order valence-electron chi connectivity index (χ2n) is 5.21. The fourth-order valence-corrected chi connectivity index (χ4v) is 3.07. The lowest BCUT2D eigenvalue weighted by Crippen LogP contribution is -2.28. The summed E-state index contributed by atoms with van der Waals surface area (Å²) in [5.74, 6) is -0.386. The van der Waals surface area contributed by atoms with E-state index in [0.717, 1.165) is 10.4 Å². The molecule has 2 heterocycles. The Hall–Kier alpha value is -2.93. The summed E-state index contributed by atoms with van der Waals surface area (Å²) in [6.45, 7) is 0. The van der Waals surface area contributed by atoms with Crippen molar-refractivity contribution in [2.24, 2.45) is 0 Å². The molecule has 1 N–H and O–H groups in total. The number of carbonyl (C=O) groups excluding carboxylic acids is 2. The fraction of sp³-hybridized carbons (Fsp3) is 0.167. The van der Waals surface area contributed by atoms with E-state index in [1.165, 1.54) is 30.6 Å². The summed E-state index contributed by atoms with van der Waals surface area (Å²) in [5.41, 5.74) is 1.38. The number of thiophene rings is 1. The predicted molar refractivity (Wildman–Crippen MR) is 94.9 cm³/mol. The van der Waals surface area contributed by atoms with Gasteiger partial charge in [-0.05, 0) is 23.6 Å². The lowest BCUT2D eigenvalue weighted by molar-refractivity contribution is -0.141. The largest absolute Gasteiger partial charge is 0.469 e. The van der Waals surface area contributed by atoms with E-state index >= 15 is 0 Å². The van der Waals surface area contributed by atoms with Crippen molar-refractivity contribution in [3.63, 3.8) is 0 Å². The first-order chi connectivity index (χ1) is 12.2. The molecule has 0 spiro atoms. The number of para-hydroxylation sites is 2. The van der Waals surface area contributed by atoms with Crippen molar-refractivity contribution >= 4 is 40.4 Å². The quantitative estimate of drug-likeness (QED) is 0.541. The second kappa shape index (κ2) is 7.76. The van der Waals surface area contributed by atoms with Crippen LogP contribution in [-0.4, -0.2) is 24.0 Å². The average Bonchev–Trinajstić information content (AvgIpc) is 3.28. The standard InChI is InChI=1S/C18H16N2O4S/c1-23-18(22)11-13(15-7-4-10-25-15)19-16(21)8-9-17-20-12-5-2-3-6-14(12)24-17/h2-10,13H,11H2,1H3,(H,19,21)/b9-8+. The summed E-state index contributed by atoms with van der Waals surface area (Å²) in [4.78, 5) is 28.9. The highest BCUT2D eigenvalue weighted by Crippen LogP contribution is 2.22. The molecule has 1 atom stereocenters. The zero-order chi connectivity index (χ0) is 17.6. The number of aromatic nitrogens is 1. The van der Waals surface area contributed by atoms with Crippen molar-refractivity contribution in [2.45, 2.75) is 12.5 Å². The minimum atomic E-state index is -0.437. The first-order valence-corrected chi connectivity index (χ1v) is 8.48. The molecule has 0 fully saturated rings. The van der Waals surface area contributed by atoms with Crippen LogP contribution in [0.4, 0.5) is 0 Å². The molecule has 0 aliphatic carbocycles. The van der Waals surface area contributed by atoms with Gasteiger partial charge in [-0.2, -0.15) is 0 Å². The topological polar surface area (TPSA) is 81.4 Å². The molecule has 2 aromatic heterocycles. The Balaban J connectivity index is 1.69. The van der Waals surface area contributed by atoms with Gasteiger partial charge in [0.15, 0.2) is 5.58 Å². The third kappa shape index (κ3) is 4.33. The minimum Gasteiger partial charge on any atom is -0.469 e. The van der Waals surface area contributed by atoms with E-state index in [0.29, 0.717) is 11.5 Å². The molecule has 3 aromatic rings. The SMILES string of the molecule is COC(=O)CC(NC(=O)/C=C/c1nc2ccccc2o1)c1cccs1. The van der Waals surface area contributed by atoms with E-state index in [1.807, 2.05) is 41.8 Å². The summed E-state index contributed by atoms with van der Waals surface area (Å²) in [6, 6.07) is 10.7. The summed E-state index contributed by atoms with van der Waals surface area (Å²) < 4.78 is 10.2. The number of hydrogen-bond donors (Lipinski definition) is 1. The normalized spacial score (nSPS) is 12.4. The molecule has 0 saturated heterocycles. The van der Waals surface area contributed by atoms with Crippen molar-refractivity contribution in [1.29, 1.82) is 0 Å². The zero-order valence-corrected chi connectivity index (χ0v) is 14.3. The Morgan fingerprint density at radius 1 is 1.32 bits per heavy atom. The van der Waals surface area contributed by atoms with Gasteiger partial charge in [0, 0.05) is 17.0 Å². The van der Waals surface area contributed by atoms with Crippen LogP contribution in [0.25, 0.3) is 17.2 Å². The van der Waals surface area contributed by atoms with Crippen LogP contribution in [0, 0.1) is 0 Å². The lowest BCUT2D eigenvalue weighted by atomic mass is 10.1. The molecule has 128 valence electrons. The molecule has 25 heavy (non-hydrogen) atoms. The summed E-state index contributed by atoms with van der Waals surface area (Å²) in [7, 11) is 1.32. The Morgan fingerprint density at radius 2 is 2.16 bits per heavy atom. The van der Waals surface area contributed by atoms with Gasteiger partial charge in [0.25, 0.3) is 0 Å². The maximum absolute atomic E-state index is 12.2. The number of benzene rings is 1. The number of carbonyl (C=O) groups is 2. The number of rotatable bonds is 6. The van der Waals surface area contributed by atoms with Crippen molar-refractivity contribution in [2.75, 3.05) is 7.11 Å². The van der Waals surface area contributed by atoms with Crippen LogP contribution in [0.3, 0.4) is 0 Å². The smallest absolute Gasteiger partial charge is 0.307 e. The minimum absolute atomic E-state index is 0.0689. The van der Waals surface area contributed by atoms with Crippen LogP contribution in [0.15, 0.2) is 52.3 Å². The van der Waals surface area contributed by atoms with Gasteiger partial charge in [0.2, 0.25) is 11.8 Å². The van der Waals surface area contributed by atoms with E-state index in [4.69, 9.17) is 9.15 Å². The van der Waals surface area contributed by atoms with E-state index in [9.17, 15) is 9.59 Å². The Morgan fingerprint density at radius 3 is 2.88 bits per heavy atom. The summed E-state index contributed by atoms with van der Waals surface area (Å²) in [6.07, 6.45) is 2.90. The highest BCUT2D eigenvalue weighted by atomic mass is 32.1. The zero-order valence-electron chi connectivity index (χ0n) is 13.5. The predicted octanol–water partition coefficient (Wildman–Crippen LogP) is 3.32. The van der Waals surface area contributed by atoms with Gasteiger partial charge in [0.1, 0.15) is 5.52 Å². The molecule has 0 radical (unpaired) electrons. The maximum atomic E-state index is 12.2. The molecule has 0 aliphatic heterocycles. The summed E-state index contributed by atoms with van der Waals surface area (Å²) >= 11 is 1.47. The van der Waals surface area contributed by atoms with Gasteiger partial charge < -0.3 is 14.5 Å². The Kier molecular flexibility index (Phi) is 5.25. The highest BCUT2D eigenvalue weighted by molar-refractivity contribution is 7.10. The molecular formula is C18H16N2O4S. The number of oxazole rings is 1. The molecule has 0 aliphatic rings. The van der Waals surface area contributed by atoms with Crippen LogP contribution >= 0.6 is 11.3 Å². The number of hydrogen-bond acceptors (Lipinski definition) is 6. The van der Waals surface area contributed by atoms with E-state index < -0.39 is 6.04 Å². The van der Waals surface area contributed by atoms with E-state index in [1.54, 1.807) is 0 Å². The molecular weight excluding hydrogens is 340 g/mol. The lowest BCUT2D eigenvalue weighted by Gasteiger charge is -2.15. The van der Waals surface area contributed by atoms with Crippen LogP contribution in [-0.2, 0) is 14.3 Å². The van der Waals surface area contributed by atoms with Crippen LogP contribution in [0.1, 0.15) is 23.2 Å². The Labute approximate surface area is 148 Å². The number of ether oxygens (including phenoxy) is 1. The monoisotopic (exact) mass is 356 g/mol. The molecule has 7 heteroatoms. The van der Waals surface area contributed by atoms with E-state index in [2.05, 4.69) is 10.3 Å². The molecule has 1 unspecified atom stereocenters. The summed E-state index contributed by atoms with van der Waals surface area (Å²) in [5, 5.41) is 4.69. The third-order valence-electron chi connectivity index (χ3n) is 3.49. The van der Waals surface area contributed by atoms with Crippen LogP contribution < -0.4 is 5.32 Å². The number of nitrogens with one attached hydrogen (secondary N) is 1. The van der Waals surface area contributed by atoms with Gasteiger partial charge in [0.05, 0.1) is 19.6 Å². The molecule has 1 amide bonds. The Bertz CT molecular complexity index is 866. The van der Waals surface area contributed by atoms with Crippen LogP contribution in [0.2, 0.25) is 0 Å². The van der Waals surface area contributed by atoms with Crippen molar-refractivity contribution in [1.82, 2.24) is 10.3 Å². The van der Waals surface area contributed by atoms with Crippen molar-refractivity contribution in [3.8, 4) is 0 Å². The van der Waals surface area contributed by atoms with Crippen molar-refractivity contribution < 1.29 is 18.7 Å². The fourth-order valence-electron chi connectivity index (χ4n) is 2.29.